The first-order valence-electron chi connectivity index (χ1n) is 10.2. The maximum absolute atomic E-state index is 12.5. The zero-order valence-electron chi connectivity index (χ0n) is 17.8. The molecule has 0 fully saturated rings. The minimum Gasteiger partial charge on any atom is -0.394 e. The van der Waals surface area contributed by atoms with E-state index in [9.17, 15) is 9.90 Å². The van der Waals surface area contributed by atoms with Gasteiger partial charge in [0.05, 0.1) is 28.9 Å². The second-order valence-corrected chi connectivity index (χ2v) is 8.81. The number of carbonyl (C=O) groups excluding carboxylic acids is 1. The summed E-state index contributed by atoms with van der Waals surface area (Å²) < 4.78 is 2.10. The Labute approximate surface area is 176 Å². The van der Waals surface area contributed by atoms with E-state index in [1.54, 1.807) is 19.1 Å². The quantitative estimate of drug-likeness (QED) is 0.527. The Bertz CT molecular complexity index is 1220. The SMILES string of the molecule is CC(CO)NC(=O)c1ccc2c(c1)nc(-c1ccc(C(C)(C)C)cc1)c1cccn12. The van der Waals surface area contributed by atoms with Crippen LogP contribution in [-0.4, -0.2) is 33.0 Å². The van der Waals surface area contributed by atoms with Gasteiger partial charge in [0.15, 0.2) is 0 Å². The van der Waals surface area contributed by atoms with Crippen molar-refractivity contribution in [2.45, 2.75) is 39.2 Å². The van der Waals surface area contributed by atoms with Crippen LogP contribution < -0.4 is 5.32 Å². The summed E-state index contributed by atoms with van der Waals surface area (Å²) in [6, 6.07) is 17.8. The molecule has 2 heterocycles. The number of aromatic nitrogens is 2. The molecule has 5 heteroatoms. The van der Waals surface area contributed by atoms with Gasteiger partial charge in [0.1, 0.15) is 0 Å². The van der Waals surface area contributed by atoms with Crippen molar-refractivity contribution in [3.8, 4) is 11.3 Å². The van der Waals surface area contributed by atoms with Crippen LogP contribution in [0.3, 0.4) is 0 Å². The van der Waals surface area contributed by atoms with E-state index in [4.69, 9.17) is 4.98 Å². The van der Waals surface area contributed by atoms with Crippen molar-refractivity contribution < 1.29 is 9.90 Å². The van der Waals surface area contributed by atoms with Gasteiger partial charge < -0.3 is 14.8 Å². The molecule has 2 aromatic carbocycles. The molecule has 4 rings (SSSR count). The number of rotatable bonds is 4. The molecule has 1 amide bonds. The predicted molar refractivity (Wildman–Crippen MR) is 121 cm³/mol. The molecule has 0 aliphatic carbocycles. The Morgan fingerprint density at radius 2 is 1.83 bits per heavy atom. The maximum atomic E-state index is 12.5. The van der Waals surface area contributed by atoms with Crippen LogP contribution in [-0.2, 0) is 5.41 Å². The zero-order valence-corrected chi connectivity index (χ0v) is 17.8. The highest BCUT2D eigenvalue weighted by Crippen LogP contribution is 2.30. The molecule has 0 bridgehead atoms. The van der Waals surface area contributed by atoms with E-state index in [1.165, 1.54) is 5.56 Å². The van der Waals surface area contributed by atoms with Gasteiger partial charge in [-0.1, -0.05) is 45.0 Å². The summed E-state index contributed by atoms with van der Waals surface area (Å²) in [5, 5.41) is 12.0. The molecule has 30 heavy (non-hydrogen) atoms. The first kappa shape index (κ1) is 20.1. The van der Waals surface area contributed by atoms with Crippen LogP contribution in [0.15, 0.2) is 60.8 Å². The van der Waals surface area contributed by atoms with Gasteiger partial charge >= 0.3 is 0 Å². The molecule has 1 unspecified atom stereocenters. The Morgan fingerprint density at radius 3 is 2.50 bits per heavy atom. The fourth-order valence-electron chi connectivity index (χ4n) is 3.61. The van der Waals surface area contributed by atoms with Crippen molar-refractivity contribution in [3.05, 3.63) is 71.9 Å². The molecule has 0 spiro atoms. The van der Waals surface area contributed by atoms with Crippen LogP contribution in [0.1, 0.15) is 43.6 Å². The third kappa shape index (κ3) is 3.68. The van der Waals surface area contributed by atoms with Gasteiger partial charge in [-0.3, -0.25) is 4.79 Å². The van der Waals surface area contributed by atoms with Crippen LogP contribution in [0, 0.1) is 0 Å². The van der Waals surface area contributed by atoms with Gasteiger partial charge in [-0.05, 0) is 48.2 Å². The van der Waals surface area contributed by atoms with Gasteiger partial charge in [0.25, 0.3) is 5.91 Å². The van der Waals surface area contributed by atoms with Gasteiger partial charge in [0, 0.05) is 23.4 Å². The number of amides is 1. The van der Waals surface area contributed by atoms with Gasteiger partial charge in [-0.2, -0.15) is 0 Å². The van der Waals surface area contributed by atoms with Crippen molar-refractivity contribution in [3.63, 3.8) is 0 Å². The lowest BCUT2D eigenvalue weighted by molar-refractivity contribution is 0.0922. The first-order valence-corrected chi connectivity index (χ1v) is 10.2. The molecule has 4 aromatic rings. The number of aliphatic hydroxyl groups excluding tert-OH is 1. The molecule has 0 aliphatic rings. The summed E-state index contributed by atoms with van der Waals surface area (Å²) >= 11 is 0. The Hall–Kier alpha value is -3.18. The number of fused-ring (bicyclic) bond motifs is 3. The van der Waals surface area contributed by atoms with Crippen molar-refractivity contribution in [2.75, 3.05) is 6.61 Å². The number of nitrogens with one attached hydrogen (secondary N) is 1. The lowest BCUT2D eigenvalue weighted by Gasteiger charge is -2.19. The Morgan fingerprint density at radius 1 is 1.10 bits per heavy atom. The molecule has 1 atom stereocenters. The topological polar surface area (TPSA) is 66.6 Å². The molecule has 154 valence electrons. The number of nitrogens with zero attached hydrogens (tertiary/aromatic N) is 2. The van der Waals surface area contributed by atoms with Crippen molar-refractivity contribution >= 4 is 22.5 Å². The number of hydrogen-bond acceptors (Lipinski definition) is 3. The van der Waals surface area contributed by atoms with Crippen LogP contribution in [0.25, 0.3) is 27.8 Å². The fraction of sp³-hybridized carbons (Fsp3) is 0.280. The Balaban J connectivity index is 1.83. The number of carbonyl (C=O) groups is 1. The van der Waals surface area contributed by atoms with E-state index in [2.05, 4.69) is 60.8 Å². The highest BCUT2D eigenvalue weighted by molar-refractivity contribution is 5.98. The smallest absolute Gasteiger partial charge is 0.251 e. The van der Waals surface area contributed by atoms with Crippen LogP contribution in [0.5, 0.6) is 0 Å². The average molecular weight is 402 g/mol. The largest absolute Gasteiger partial charge is 0.394 e. The van der Waals surface area contributed by atoms with Gasteiger partial charge in [-0.25, -0.2) is 4.98 Å². The standard InChI is InChI=1S/C25H27N3O2/c1-16(15-29)26-24(30)18-9-12-21-20(14-18)27-23(22-6-5-13-28(21)22)17-7-10-19(11-8-17)25(2,3)4/h5-14,16,29H,15H2,1-4H3,(H,26,30). The number of benzene rings is 2. The summed E-state index contributed by atoms with van der Waals surface area (Å²) in [4.78, 5) is 17.4. The number of aliphatic hydroxyl groups is 1. The van der Waals surface area contributed by atoms with E-state index in [0.717, 1.165) is 27.8 Å². The van der Waals surface area contributed by atoms with E-state index in [0.29, 0.717) is 5.56 Å². The minimum absolute atomic E-state index is 0.0910. The molecule has 2 N–H and O–H groups in total. The van der Waals surface area contributed by atoms with Crippen molar-refractivity contribution in [1.29, 1.82) is 0 Å². The molecular weight excluding hydrogens is 374 g/mol. The molecular formula is C25H27N3O2. The van der Waals surface area contributed by atoms with Crippen molar-refractivity contribution in [2.24, 2.45) is 0 Å². The summed E-state index contributed by atoms with van der Waals surface area (Å²) in [6.45, 7) is 8.26. The van der Waals surface area contributed by atoms with E-state index >= 15 is 0 Å². The summed E-state index contributed by atoms with van der Waals surface area (Å²) in [7, 11) is 0. The summed E-state index contributed by atoms with van der Waals surface area (Å²) in [5.74, 6) is -0.219. The lowest BCUT2D eigenvalue weighted by atomic mass is 9.86. The van der Waals surface area contributed by atoms with Gasteiger partial charge in [0.2, 0.25) is 0 Å². The highest BCUT2D eigenvalue weighted by Gasteiger charge is 2.16. The molecule has 5 nitrogen and oxygen atoms in total. The van der Waals surface area contributed by atoms with E-state index in [-0.39, 0.29) is 24.0 Å². The monoisotopic (exact) mass is 401 g/mol. The zero-order chi connectivity index (χ0) is 21.5. The highest BCUT2D eigenvalue weighted by atomic mass is 16.3. The average Bonchev–Trinajstić information content (AvgIpc) is 3.22. The lowest BCUT2D eigenvalue weighted by Crippen LogP contribution is -2.34. The van der Waals surface area contributed by atoms with Crippen LogP contribution >= 0.6 is 0 Å². The first-order chi connectivity index (χ1) is 14.3. The third-order valence-corrected chi connectivity index (χ3v) is 5.40. The molecule has 0 aliphatic heterocycles. The fourth-order valence-corrected chi connectivity index (χ4v) is 3.61. The van der Waals surface area contributed by atoms with Crippen LogP contribution in [0.2, 0.25) is 0 Å². The minimum atomic E-state index is -0.301. The predicted octanol–water partition coefficient (Wildman–Crippen LogP) is 4.56. The Kier molecular flexibility index (Phi) is 5.08. The molecule has 0 radical (unpaired) electrons. The maximum Gasteiger partial charge on any atom is 0.251 e. The van der Waals surface area contributed by atoms with E-state index < -0.39 is 0 Å². The molecule has 0 saturated carbocycles. The summed E-state index contributed by atoms with van der Waals surface area (Å²) in [5.41, 5.74) is 6.53. The summed E-state index contributed by atoms with van der Waals surface area (Å²) in [6.07, 6.45) is 2.01. The second-order valence-electron chi connectivity index (χ2n) is 8.81. The second kappa shape index (κ2) is 7.58. The number of hydrogen-bond donors (Lipinski definition) is 2. The van der Waals surface area contributed by atoms with E-state index in [1.807, 2.05) is 18.3 Å². The molecule has 0 saturated heterocycles. The normalized spacial score (nSPS) is 13.0. The third-order valence-electron chi connectivity index (χ3n) is 5.40. The van der Waals surface area contributed by atoms with Crippen LogP contribution in [0.4, 0.5) is 0 Å². The molecule has 2 aromatic heterocycles. The van der Waals surface area contributed by atoms with Gasteiger partial charge in [-0.15, -0.1) is 0 Å². The van der Waals surface area contributed by atoms with Crippen molar-refractivity contribution in [1.82, 2.24) is 14.7 Å².